The molecule has 0 fully saturated rings. The molecule has 0 aliphatic heterocycles. The van der Waals surface area contributed by atoms with Crippen molar-refractivity contribution in [1.82, 2.24) is 10.6 Å². The van der Waals surface area contributed by atoms with Crippen LogP contribution in [-0.4, -0.2) is 29.7 Å². The Hall–Kier alpha value is -1.70. The average Bonchev–Trinajstić information content (AvgIpc) is 2.30. The molecule has 1 unspecified atom stereocenters. The van der Waals surface area contributed by atoms with Crippen LogP contribution < -0.4 is 10.6 Å². The quantitative estimate of drug-likeness (QED) is 0.604. The fraction of sp³-hybridized carbons (Fsp3) is 0.692. The van der Waals surface area contributed by atoms with E-state index < -0.39 is 11.4 Å². The number of terminal acetylenes is 1. The van der Waals surface area contributed by atoms with Crippen LogP contribution in [0.5, 0.6) is 0 Å². The molecule has 5 nitrogen and oxygen atoms in total. The van der Waals surface area contributed by atoms with Crippen molar-refractivity contribution >= 4 is 12.0 Å². The molecule has 0 saturated carbocycles. The largest absolute Gasteiger partial charge is 0.481 e. The number of carboxylic acid groups (broad SMARTS) is 1. The number of urea groups is 1. The first-order valence-corrected chi connectivity index (χ1v) is 6.13. The van der Waals surface area contributed by atoms with E-state index in [0.29, 0.717) is 19.3 Å². The number of rotatable bonds is 7. The van der Waals surface area contributed by atoms with E-state index in [9.17, 15) is 14.7 Å². The zero-order valence-electron chi connectivity index (χ0n) is 11.2. The van der Waals surface area contributed by atoms with Gasteiger partial charge in [-0.2, -0.15) is 0 Å². The van der Waals surface area contributed by atoms with Crippen LogP contribution in [0.25, 0.3) is 0 Å². The van der Waals surface area contributed by atoms with Gasteiger partial charge >= 0.3 is 12.0 Å². The molecule has 2 amide bonds. The van der Waals surface area contributed by atoms with Gasteiger partial charge in [0.25, 0.3) is 0 Å². The van der Waals surface area contributed by atoms with Gasteiger partial charge in [-0.05, 0) is 19.8 Å². The normalized spacial score (nSPS) is 12.3. The van der Waals surface area contributed by atoms with Crippen molar-refractivity contribution in [2.75, 3.05) is 6.54 Å². The Morgan fingerprint density at radius 3 is 2.33 bits per heavy atom. The summed E-state index contributed by atoms with van der Waals surface area (Å²) in [5.74, 6) is 1.56. The van der Waals surface area contributed by atoms with E-state index in [-0.39, 0.29) is 18.6 Å². The van der Waals surface area contributed by atoms with Crippen LogP contribution in [0.1, 0.15) is 40.0 Å². The number of amides is 2. The number of hydrogen-bond acceptors (Lipinski definition) is 2. The molecule has 0 spiro atoms. The Labute approximate surface area is 108 Å². The fourth-order valence-electron chi connectivity index (χ4n) is 1.63. The van der Waals surface area contributed by atoms with E-state index in [1.165, 1.54) is 0 Å². The molecule has 0 radical (unpaired) electrons. The Morgan fingerprint density at radius 1 is 1.39 bits per heavy atom. The second-order valence-corrected chi connectivity index (χ2v) is 4.43. The van der Waals surface area contributed by atoms with Crippen LogP contribution in [0.3, 0.4) is 0 Å². The monoisotopic (exact) mass is 254 g/mol. The summed E-state index contributed by atoms with van der Waals surface area (Å²) >= 11 is 0. The van der Waals surface area contributed by atoms with Crippen LogP contribution in [0, 0.1) is 17.8 Å². The zero-order chi connectivity index (χ0) is 14.2. The molecular formula is C13H22N2O3. The predicted octanol–water partition coefficient (Wildman–Crippen LogP) is 1.59. The Bertz CT molecular complexity index is 330. The molecule has 18 heavy (non-hydrogen) atoms. The number of carbonyl (C=O) groups is 2. The lowest BCUT2D eigenvalue weighted by atomic mass is 9.82. The lowest BCUT2D eigenvalue weighted by molar-refractivity contribution is -0.149. The number of hydrogen-bond donors (Lipinski definition) is 3. The maximum absolute atomic E-state index is 11.5. The fourth-order valence-corrected chi connectivity index (χ4v) is 1.63. The molecule has 5 heteroatoms. The molecule has 0 aliphatic rings. The van der Waals surface area contributed by atoms with E-state index in [1.54, 1.807) is 20.8 Å². The van der Waals surface area contributed by atoms with Gasteiger partial charge in [0.15, 0.2) is 0 Å². The number of carbonyl (C=O) groups excluding carboxylic acids is 1. The molecular weight excluding hydrogens is 232 g/mol. The van der Waals surface area contributed by atoms with Crippen LogP contribution >= 0.6 is 0 Å². The second kappa shape index (κ2) is 7.59. The minimum Gasteiger partial charge on any atom is -0.481 e. The Morgan fingerprint density at radius 2 is 1.94 bits per heavy atom. The first-order valence-electron chi connectivity index (χ1n) is 6.13. The molecule has 102 valence electrons. The summed E-state index contributed by atoms with van der Waals surface area (Å²) in [7, 11) is 0. The van der Waals surface area contributed by atoms with Gasteiger partial charge in [-0.15, -0.1) is 12.3 Å². The van der Waals surface area contributed by atoms with Crippen LogP contribution in [0.2, 0.25) is 0 Å². The molecule has 0 bridgehead atoms. The maximum atomic E-state index is 11.5. The smallest absolute Gasteiger partial charge is 0.315 e. The van der Waals surface area contributed by atoms with Gasteiger partial charge in [0.05, 0.1) is 5.41 Å². The second-order valence-electron chi connectivity index (χ2n) is 4.43. The molecule has 0 aliphatic carbocycles. The summed E-state index contributed by atoms with van der Waals surface area (Å²) in [6.45, 7) is 5.52. The van der Waals surface area contributed by atoms with E-state index in [1.807, 2.05) is 0 Å². The number of nitrogens with one attached hydrogen (secondary N) is 2. The van der Waals surface area contributed by atoms with Crippen molar-refractivity contribution in [2.45, 2.75) is 46.1 Å². The molecule has 0 aromatic heterocycles. The van der Waals surface area contributed by atoms with E-state index in [2.05, 4.69) is 16.6 Å². The third kappa shape index (κ3) is 4.66. The summed E-state index contributed by atoms with van der Waals surface area (Å²) in [5, 5.41) is 14.5. The van der Waals surface area contributed by atoms with Crippen molar-refractivity contribution < 1.29 is 14.7 Å². The molecule has 0 saturated heterocycles. The molecule has 1 atom stereocenters. The highest BCUT2D eigenvalue weighted by Gasteiger charge is 2.35. The summed E-state index contributed by atoms with van der Waals surface area (Å²) in [5.41, 5.74) is -0.896. The van der Waals surface area contributed by atoms with Crippen LogP contribution in [0.15, 0.2) is 0 Å². The third-order valence-corrected chi connectivity index (χ3v) is 3.20. The van der Waals surface area contributed by atoms with Gasteiger partial charge in [-0.25, -0.2) is 4.79 Å². The van der Waals surface area contributed by atoms with Crippen LogP contribution in [0.4, 0.5) is 4.79 Å². The predicted molar refractivity (Wildman–Crippen MR) is 70.1 cm³/mol. The average molecular weight is 254 g/mol. The van der Waals surface area contributed by atoms with Gasteiger partial charge in [-0.3, -0.25) is 4.79 Å². The van der Waals surface area contributed by atoms with Crippen LogP contribution in [-0.2, 0) is 4.79 Å². The molecule has 0 aromatic rings. The Kier molecular flexibility index (Phi) is 6.88. The molecule has 0 aromatic carbocycles. The molecule has 3 N–H and O–H groups in total. The van der Waals surface area contributed by atoms with Crippen molar-refractivity contribution in [3.63, 3.8) is 0 Å². The van der Waals surface area contributed by atoms with Gasteiger partial charge in [-0.1, -0.05) is 13.8 Å². The highest BCUT2D eigenvalue weighted by molar-refractivity contribution is 5.78. The lowest BCUT2D eigenvalue weighted by Crippen LogP contribution is -2.47. The van der Waals surface area contributed by atoms with Crippen molar-refractivity contribution in [1.29, 1.82) is 0 Å². The summed E-state index contributed by atoms with van der Waals surface area (Å²) in [6.07, 6.45) is 6.52. The van der Waals surface area contributed by atoms with Crippen molar-refractivity contribution in [2.24, 2.45) is 5.41 Å². The summed E-state index contributed by atoms with van der Waals surface area (Å²) in [6, 6.07) is -0.511. The minimum absolute atomic E-state index is 0.115. The van der Waals surface area contributed by atoms with Gasteiger partial charge in [0.2, 0.25) is 0 Å². The van der Waals surface area contributed by atoms with Gasteiger partial charge in [0.1, 0.15) is 0 Å². The number of aliphatic carboxylic acids is 1. The Balaban J connectivity index is 4.33. The third-order valence-electron chi connectivity index (χ3n) is 3.20. The zero-order valence-corrected chi connectivity index (χ0v) is 11.2. The lowest BCUT2D eigenvalue weighted by Gasteiger charge is -2.27. The van der Waals surface area contributed by atoms with Gasteiger partial charge < -0.3 is 15.7 Å². The first-order chi connectivity index (χ1) is 8.41. The standard InChI is InChI=1S/C13H22N2O3/c1-5-8-10(4)15-12(18)14-9-13(6-2,7-3)11(16)17/h1,10H,6-9H2,2-4H3,(H,16,17)(H2,14,15,18). The maximum Gasteiger partial charge on any atom is 0.315 e. The summed E-state index contributed by atoms with van der Waals surface area (Å²) < 4.78 is 0. The van der Waals surface area contributed by atoms with E-state index in [4.69, 9.17) is 6.42 Å². The number of carboxylic acids is 1. The topological polar surface area (TPSA) is 78.4 Å². The first kappa shape index (κ1) is 16.3. The summed E-state index contributed by atoms with van der Waals surface area (Å²) in [4.78, 5) is 22.8. The van der Waals surface area contributed by atoms with E-state index >= 15 is 0 Å². The van der Waals surface area contributed by atoms with E-state index in [0.717, 1.165) is 0 Å². The highest BCUT2D eigenvalue weighted by atomic mass is 16.4. The highest BCUT2D eigenvalue weighted by Crippen LogP contribution is 2.25. The SMILES string of the molecule is C#CCC(C)NC(=O)NCC(CC)(CC)C(=O)O. The molecule has 0 rings (SSSR count). The van der Waals surface area contributed by atoms with Crippen molar-refractivity contribution in [3.05, 3.63) is 0 Å². The van der Waals surface area contributed by atoms with Gasteiger partial charge in [0, 0.05) is 19.0 Å². The van der Waals surface area contributed by atoms with Crippen molar-refractivity contribution in [3.8, 4) is 12.3 Å². The molecule has 0 heterocycles. The minimum atomic E-state index is -0.896.